The number of fused-ring (bicyclic) bond motifs is 2. The smallest absolute Gasteiger partial charge is 0.366 e. The van der Waals surface area contributed by atoms with E-state index in [-0.39, 0.29) is 29.0 Å². The van der Waals surface area contributed by atoms with E-state index in [0.717, 1.165) is 0 Å². The summed E-state index contributed by atoms with van der Waals surface area (Å²) in [4.78, 5) is 53.4. The summed E-state index contributed by atoms with van der Waals surface area (Å²) < 4.78 is 5.22. The molecular formula is C17H10N2O6. The van der Waals surface area contributed by atoms with E-state index in [0.29, 0.717) is 10.8 Å². The number of amides is 3. The molecule has 2 heterocycles. The number of hydrogen-bond acceptors (Lipinski definition) is 6. The molecule has 0 fully saturated rings. The summed E-state index contributed by atoms with van der Waals surface area (Å²) >= 11 is 0. The number of imide groups is 1. The van der Waals surface area contributed by atoms with Crippen LogP contribution in [0.1, 0.15) is 31.1 Å². The first-order valence-electron chi connectivity index (χ1n) is 7.32. The van der Waals surface area contributed by atoms with Crippen LogP contribution in [0.4, 0.5) is 5.69 Å². The van der Waals surface area contributed by atoms with Gasteiger partial charge in [-0.1, -0.05) is 23.3 Å². The fourth-order valence-electron chi connectivity index (χ4n) is 2.65. The number of nitrogens with zero attached hydrogens (tertiary/aromatic N) is 1. The molecule has 0 saturated carbocycles. The van der Waals surface area contributed by atoms with Gasteiger partial charge in [0.25, 0.3) is 17.7 Å². The van der Waals surface area contributed by atoms with Gasteiger partial charge >= 0.3 is 5.97 Å². The van der Waals surface area contributed by atoms with Crippen LogP contribution in [0.3, 0.4) is 0 Å². The highest BCUT2D eigenvalue weighted by molar-refractivity contribution is 6.21. The van der Waals surface area contributed by atoms with Crippen molar-refractivity contribution < 1.29 is 28.8 Å². The van der Waals surface area contributed by atoms with Gasteiger partial charge in [0, 0.05) is 0 Å². The van der Waals surface area contributed by atoms with E-state index < -0.39 is 23.7 Å². The summed E-state index contributed by atoms with van der Waals surface area (Å²) in [7, 11) is 0. The number of anilines is 1. The second kappa shape index (κ2) is 5.45. The monoisotopic (exact) mass is 338 g/mol. The molecule has 124 valence electrons. The maximum absolute atomic E-state index is 12.4. The van der Waals surface area contributed by atoms with E-state index in [1.54, 1.807) is 18.2 Å². The van der Waals surface area contributed by atoms with Crippen molar-refractivity contribution in [2.75, 3.05) is 11.9 Å². The molecule has 0 aliphatic carbocycles. The van der Waals surface area contributed by atoms with E-state index in [1.807, 2.05) is 0 Å². The zero-order valence-electron chi connectivity index (χ0n) is 12.6. The van der Waals surface area contributed by atoms with Crippen molar-refractivity contribution in [3.05, 3.63) is 59.2 Å². The van der Waals surface area contributed by atoms with Crippen molar-refractivity contribution in [2.45, 2.75) is 0 Å². The van der Waals surface area contributed by atoms with Crippen LogP contribution < -0.4 is 10.1 Å². The first kappa shape index (κ1) is 14.9. The number of hydroxylamine groups is 2. The third-order valence-corrected chi connectivity index (χ3v) is 3.80. The molecule has 0 unspecified atom stereocenters. The van der Waals surface area contributed by atoms with Crippen LogP contribution in [-0.4, -0.2) is 35.4 Å². The summed E-state index contributed by atoms with van der Waals surface area (Å²) in [6.07, 6.45) is 0. The Labute approximate surface area is 140 Å². The normalized spacial score (nSPS) is 15.2. The van der Waals surface area contributed by atoms with Crippen LogP contribution in [0, 0.1) is 0 Å². The van der Waals surface area contributed by atoms with Gasteiger partial charge in [0.05, 0.1) is 22.4 Å². The molecule has 0 spiro atoms. The number of benzene rings is 2. The van der Waals surface area contributed by atoms with Crippen LogP contribution >= 0.6 is 0 Å². The van der Waals surface area contributed by atoms with Crippen LogP contribution in [0.15, 0.2) is 42.5 Å². The molecule has 4 rings (SSSR count). The summed E-state index contributed by atoms with van der Waals surface area (Å²) in [5, 5.41) is 2.94. The van der Waals surface area contributed by atoms with Crippen molar-refractivity contribution in [1.29, 1.82) is 0 Å². The van der Waals surface area contributed by atoms with Gasteiger partial charge in [-0.05, 0) is 24.3 Å². The first-order chi connectivity index (χ1) is 12.1. The highest BCUT2D eigenvalue weighted by atomic mass is 16.7. The molecular weight excluding hydrogens is 328 g/mol. The molecule has 25 heavy (non-hydrogen) atoms. The molecule has 0 radical (unpaired) electrons. The number of rotatable bonds is 2. The first-order valence-corrected chi connectivity index (χ1v) is 7.32. The fraction of sp³-hybridized carbons (Fsp3) is 0.0588. The maximum atomic E-state index is 12.4. The Morgan fingerprint density at radius 1 is 1.00 bits per heavy atom. The second-order valence-corrected chi connectivity index (χ2v) is 5.34. The van der Waals surface area contributed by atoms with Crippen LogP contribution in [0.5, 0.6) is 5.75 Å². The Bertz CT molecular complexity index is 917. The van der Waals surface area contributed by atoms with E-state index in [9.17, 15) is 19.2 Å². The lowest BCUT2D eigenvalue weighted by atomic mass is 10.1. The van der Waals surface area contributed by atoms with Crippen LogP contribution in [-0.2, 0) is 9.63 Å². The molecule has 8 heteroatoms. The van der Waals surface area contributed by atoms with Gasteiger partial charge in [-0.3, -0.25) is 14.4 Å². The summed E-state index contributed by atoms with van der Waals surface area (Å²) in [6, 6.07) is 10.7. The largest absolute Gasteiger partial charge is 0.482 e. The predicted octanol–water partition coefficient (Wildman–Crippen LogP) is 1.39. The highest BCUT2D eigenvalue weighted by Crippen LogP contribution is 2.32. The van der Waals surface area contributed by atoms with Gasteiger partial charge in [-0.2, -0.15) is 0 Å². The van der Waals surface area contributed by atoms with Gasteiger partial charge in [0.2, 0.25) is 0 Å². The van der Waals surface area contributed by atoms with Crippen molar-refractivity contribution >= 4 is 29.4 Å². The standard InChI is InChI=1S/C17H10N2O6/c20-13-8-24-12-7-3-6-11(14(12)18-13)17(23)25-19-15(21)9-4-1-2-5-10(9)16(19)22/h1-7H,8H2,(H,18,20). The Hall–Kier alpha value is -3.68. The summed E-state index contributed by atoms with van der Waals surface area (Å²) in [5.41, 5.74) is 0.432. The summed E-state index contributed by atoms with van der Waals surface area (Å²) in [6.45, 7) is -0.163. The minimum absolute atomic E-state index is 0.0258. The van der Waals surface area contributed by atoms with Crippen LogP contribution in [0.2, 0.25) is 0 Å². The molecule has 0 bridgehead atoms. The SMILES string of the molecule is O=C1COc2cccc(C(=O)ON3C(=O)c4ccccc4C3=O)c2N1. The quantitative estimate of drug-likeness (QED) is 0.830. The van der Waals surface area contributed by atoms with Crippen LogP contribution in [0.25, 0.3) is 0 Å². The van der Waals surface area contributed by atoms with Crippen molar-refractivity contribution in [1.82, 2.24) is 5.06 Å². The van der Waals surface area contributed by atoms with E-state index >= 15 is 0 Å². The molecule has 2 aromatic rings. The zero-order valence-corrected chi connectivity index (χ0v) is 12.6. The molecule has 2 aliphatic heterocycles. The lowest BCUT2D eigenvalue weighted by Gasteiger charge is -2.20. The predicted molar refractivity (Wildman–Crippen MR) is 82.9 cm³/mol. The third-order valence-electron chi connectivity index (χ3n) is 3.80. The van der Waals surface area contributed by atoms with Gasteiger partial charge in [-0.25, -0.2) is 4.79 Å². The number of para-hydroxylation sites is 1. The fourth-order valence-corrected chi connectivity index (χ4v) is 2.65. The highest BCUT2D eigenvalue weighted by Gasteiger charge is 2.39. The van der Waals surface area contributed by atoms with Gasteiger partial charge in [0.1, 0.15) is 5.75 Å². The molecule has 0 atom stereocenters. The molecule has 1 N–H and O–H groups in total. The number of nitrogens with one attached hydrogen (secondary N) is 1. The zero-order chi connectivity index (χ0) is 17.6. The second-order valence-electron chi connectivity index (χ2n) is 5.34. The lowest BCUT2D eigenvalue weighted by molar-refractivity contribution is -0.118. The molecule has 2 aliphatic rings. The van der Waals surface area contributed by atoms with E-state index in [4.69, 9.17) is 9.57 Å². The van der Waals surface area contributed by atoms with Crippen molar-refractivity contribution in [2.24, 2.45) is 0 Å². The van der Waals surface area contributed by atoms with Gasteiger partial charge < -0.3 is 14.9 Å². The molecule has 0 saturated heterocycles. The number of carbonyl (C=O) groups excluding carboxylic acids is 4. The van der Waals surface area contributed by atoms with Gasteiger partial charge in [-0.15, -0.1) is 0 Å². The Balaban J connectivity index is 1.63. The minimum Gasteiger partial charge on any atom is -0.482 e. The number of carbonyl (C=O) groups is 4. The molecule has 2 aromatic carbocycles. The average Bonchev–Trinajstić information content (AvgIpc) is 2.86. The Morgan fingerprint density at radius 2 is 1.68 bits per heavy atom. The Morgan fingerprint density at radius 3 is 2.36 bits per heavy atom. The average molecular weight is 338 g/mol. The maximum Gasteiger partial charge on any atom is 0.366 e. The molecule has 8 nitrogen and oxygen atoms in total. The minimum atomic E-state index is -0.961. The molecule has 3 amide bonds. The van der Waals surface area contributed by atoms with Crippen molar-refractivity contribution in [3.8, 4) is 5.75 Å². The Kier molecular flexibility index (Phi) is 3.24. The topological polar surface area (TPSA) is 102 Å². The summed E-state index contributed by atoms with van der Waals surface area (Å²) in [5.74, 6) is -2.53. The number of ether oxygens (including phenoxy) is 1. The van der Waals surface area contributed by atoms with E-state index in [2.05, 4.69) is 5.32 Å². The van der Waals surface area contributed by atoms with E-state index in [1.165, 1.54) is 24.3 Å². The van der Waals surface area contributed by atoms with Crippen molar-refractivity contribution in [3.63, 3.8) is 0 Å². The lowest BCUT2D eigenvalue weighted by Crippen LogP contribution is -2.33. The molecule has 0 aromatic heterocycles. The number of hydrogen-bond donors (Lipinski definition) is 1. The van der Waals surface area contributed by atoms with Gasteiger partial charge in [0.15, 0.2) is 6.61 Å². The third kappa shape index (κ3) is 2.31.